The number of aryl methyl sites for hydroxylation is 1. The molecule has 9 heteroatoms. The minimum atomic E-state index is -3.69. The van der Waals surface area contributed by atoms with Gasteiger partial charge in [-0.05, 0) is 42.8 Å². The molecule has 1 amide bonds. The summed E-state index contributed by atoms with van der Waals surface area (Å²) in [5.74, 6) is -2.08. The van der Waals surface area contributed by atoms with Crippen LogP contribution < -0.4 is 5.32 Å². The molecule has 0 spiro atoms. The van der Waals surface area contributed by atoms with E-state index in [1.165, 1.54) is 28.6 Å². The first-order chi connectivity index (χ1) is 13.7. The molecule has 29 heavy (non-hydrogen) atoms. The number of rotatable bonds is 8. The number of sulfonamides is 1. The molecule has 2 aromatic rings. The summed E-state index contributed by atoms with van der Waals surface area (Å²) in [6.07, 6.45) is 0. The zero-order valence-corrected chi connectivity index (χ0v) is 17.3. The lowest BCUT2D eigenvalue weighted by Gasteiger charge is -2.20. The molecule has 7 nitrogen and oxygen atoms in total. The van der Waals surface area contributed by atoms with Crippen LogP contribution in [0.5, 0.6) is 0 Å². The Morgan fingerprint density at radius 3 is 2.41 bits per heavy atom. The van der Waals surface area contributed by atoms with Gasteiger partial charge in [-0.2, -0.15) is 4.31 Å². The van der Waals surface area contributed by atoms with Crippen molar-refractivity contribution in [3.8, 4) is 0 Å². The Kier molecular flexibility index (Phi) is 7.46. The maximum absolute atomic E-state index is 13.1. The molecule has 0 aliphatic rings. The number of nitrogens with one attached hydrogen (secondary N) is 1. The molecule has 0 unspecified atom stereocenters. The van der Waals surface area contributed by atoms with Crippen LogP contribution in [-0.2, 0) is 19.6 Å². The fraction of sp³-hybridized carbons (Fsp3) is 0.300. The Morgan fingerprint density at radius 2 is 1.79 bits per heavy atom. The summed E-state index contributed by atoms with van der Waals surface area (Å²) < 4.78 is 44.9. The minimum Gasteiger partial charge on any atom is -0.452 e. The van der Waals surface area contributed by atoms with Gasteiger partial charge in [-0.1, -0.05) is 26.0 Å². The normalized spacial score (nSPS) is 11.3. The van der Waals surface area contributed by atoms with Gasteiger partial charge in [0.25, 0.3) is 5.91 Å². The van der Waals surface area contributed by atoms with E-state index in [0.29, 0.717) is 18.7 Å². The molecule has 0 aromatic heterocycles. The first kappa shape index (κ1) is 22.5. The van der Waals surface area contributed by atoms with Crippen LogP contribution in [0.2, 0.25) is 0 Å². The Balaban J connectivity index is 2.08. The van der Waals surface area contributed by atoms with Crippen molar-refractivity contribution in [1.82, 2.24) is 4.31 Å². The van der Waals surface area contributed by atoms with Gasteiger partial charge in [0.05, 0.1) is 10.5 Å². The number of halogens is 1. The maximum atomic E-state index is 13.1. The van der Waals surface area contributed by atoms with Crippen molar-refractivity contribution in [2.75, 3.05) is 25.0 Å². The highest BCUT2D eigenvalue weighted by Gasteiger charge is 2.24. The number of nitrogens with zero attached hydrogens (tertiary/aromatic N) is 1. The van der Waals surface area contributed by atoms with Crippen molar-refractivity contribution < 1.29 is 27.1 Å². The predicted octanol–water partition coefficient (Wildman–Crippen LogP) is 2.96. The number of hydrogen-bond acceptors (Lipinski definition) is 5. The summed E-state index contributed by atoms with van der Waals surface area (Å²) in [7, 11) is -3.69. The predicted molar refractivity (Wildman–Crippen MR) is 107 cm³/mol. The molecule has 2 aromatic carbocycles. The van der Waals surface area contributed by atoms with Gasteiger partial charge in [0.2, 0.25) is 10.0 Å². The average molecular weight is 422 g/mol. The quantitative estimate of drug-likeness (QED) is 0.661. The molecule has 1 N–H and O–H groups in total. The summed E-state index contributed by atoms with van der Waals surface area (Å²) in [5.41, 5.74) is 0.793. The van der Waals surface area contributed by atoms with Crippen molar-refractivity contribution >= 4 is 27.6 Å². The third-order valence-corrected chi connectivity index (χ3v) is 6.38. The van der Waals surface area contributed by atoms with E-state index >= 15 is 0 Å². The maximum Gasteiger partial charge on any atom is 0.338 e. The molecule has 0 saturated heterocycles. The Bertz CT molecular complexity index is 1000. The van der Waals surface area contributed by atoms with Gasteiger partial charge in [0, 0.05) is 18.8 Å². The smallest absolute Gasteiger partial charge is 0.338 e. The summed E-state index contributed by atoms with van der Waals surface area (Å²) >= 11 is 0. The van der Waals surface area contributed by atoms with E-state index in [2.05, 4.69) is 5.32 Å². The fourth-order valence-electron chi connectivity index (χ4n) is 2.69. The van der Waals surface area contributed by atoms with E-state index < -0.39 is 34.3 Å². The van der Waals surface area contributed by atoms with Crippen LogP contribution in [0, 0.1) is 12.7 Å². The molecule has 0 heterocycles. The second-order valence-corrected chi connectivity index (χ2v) is 8.11. The van der Waals surface area contributed by atoms with Crippen molar-refractivity contribution in [1.29, 1.82) is 0 Å². The second kappa shape index (κ2) is 9.62. The first-order valence-corrected chi connectivity index (χ1v) is 10.5. The Labute approximate surface area is 169 Å². The van der Waals surface area contributed by atoms with Crippen molar-refractivity contribution in [3.05, 3.63) is 59.4 Å². The van der Waals surface area contributed by atoms with Crippen molar-refractivity contribution in [3.63, 3.8) is 0 Å². The molecule has 0 bridgehead atoms. The molecule has 0 saturated carbocycles. The molecule has 0 fully saturated rings. The van der Waals surface area contributed by atoms with Crippen LogP contribution in [0.1, 0.15) is 29.8 Å². The molecule has 0 radical (unpaired) electrons. The number of ether oxygens (including phenoxy) is 1. The molecule has 2 rings (SSSR count). The van der Waals surface area contributed by atoms with Gasteiger partial charge in [0.15, 0.2) is 6.61 Å². The van der Waals surface area contributed by atoms with E-state index in [1.807, 2.05) is 0 Å². The van der Waals surface area contributed by atoms with E-state index in [-0.39, 0.29) is 16.1 Å². The summed E-state index contributed by atoms with van der Waals surface area (Å²) in [4.78, 5) is 24.0. The Hall–Kier alpha value is -2.78. The van der Waals surface area contributed by atoms with Gasteiger partial charge < -0.3 is 10.1 Å². The molecule has 156 valence electrons. The van der Waals surface area contributed by atoms with Gasteiger partial charge in [-0.15, -0.1) is 0 Å². The van der Waals surface area contributed by atoms with Crippen LogP contribution in [-0.4, -0.2) is 44.3 Å². The standard InChI is InChI=1S/C20H23FN2O5S/c1-4-23(5-2)29(26,27)18-12-17(10-9-14(18)3)22-19(24)13-28-20(25)15-7-6-8-16(21)11-15/h6-12H,4-5,13H2,1-3H3,(H,22,24). The molecule has 0 aliphatic heterocycles. The molecule has 0 aliphatic carbocycles. The summed E-state index contributed by atoms with van der Waals surface area (Å²) in [6.45, 7) is 5.21. The second-order valence-electron chi connectivity index (χ2n) is 6.20. The lowest BCUT2D eigenvalue weighted by molar-refractivity contribution is -0.119. The van der Waals surface area contributed by atoms with Gasteiger partial charge in [-0.3, -0.25) is 4.79 Å². The van der Waals surface area contributed by atoms with E-state index in [9.17, 15) is 22.4 Å². The van der Waals surface area contributed by atoms with Gasteiger partial charge in [0.1, 0.15) is 5.82 Å². The fourth-order valence-corrected chi connectivity index (χ4v) is 4.39. The molecular weight excluding hydrogens is 399 g/mol. The highest BCUT2D eigenvalue weighted by atomic mass is 32.2. The van der Waals surface area contributed by atoms with Gasteiger partial charge in [-0.25, -0.2) is 17.6 Å². The minimum absolute atomic E-state index is 0.0132. The van der Waals surface area contributed by atoms with E-state index in [4.69, 9.17) is 4.74 Å². The first-order valence-electron chi connectivity index (χ1n) is 9.02. The number of hydrogen-bond donors (Lipinski definition) is 1. The topological polar surface area (TPSA) is 92.8 Å². The van der Waals surface area contributed by atoms with E-state index in [0.717, 1.165) is 6.07 Å². The average Bonchev–Trinajstić information content (AvgIpc) is 2.68. The van der Waals surface area contributed by atoms with Crippen LogP contribution in [0.3, 0.4) is 0 Å². The number of carbonyl (C=O) groups is 2. The zero-order valence-electron chi connectivity index (χ0n) is 16.4. The third-order valence-electron chi connectivity index (χ3n) is 4.19. The third kappa shape index (κ3) is 5.61. The zero-order chi connectivity index (χ0) is 21.6. The highest BCUT2D eigenvalue weighted by molar-refractivity contribution is 7.89. The van der Waals surface area contributed by atoms with Crippen LogP contribution >= 0.6 is 0 Å². The summed E-state index contributed by atoms with van der Waals surface area (Å²) in [6, 6.07) is 9.43. The van der Waals surface area contributed by atoms with Crippen LogP contribution in [0.15, 0.2) is 47.4 Å². The number of benzene rings is 2. The molecule has 0 atom stereocenters. The number of esters is 1. The van der Waals surface area contributed by atoms with Crippen LogP contribution in [0.25, 0.3) is 0 Å². The monoisotopic (exact) mass is 422 g/mol. The lowest BCUT2D eigenvalue weighted by Crippen LogP contribution is -2.31. The van der Waals surface area contributed by atoms with Crippen molar-refractivity contribution in [2.24, 2.45) is 0 Å². The number of carbonyl (C=O) groups excluding carboxylic acids is 2. The SMILES string of the molecule is CCN(CC)S(=O)(=O)c1cc(NC(=O)COC(=O)c2cccc(F)c2)ccc1C. The van der Waals surface area contributed by atoms with Crippen LogP contribution in [0.4, 0.5) is 10.1 Å². The van der Waals surface area contributed by atoms with E-state index in [1.54, 1.807) is 32.9 Å². The lowest BCUT2D eigenvalue weighted by atomic mass is 10.2. The Morgan fingerprint density at radius 1 is 1.10 bits per heavy atom. The summed E-state index contributed by atoms with van der Waals surface area (Å²) in [5, 5.41) is 2.50. The van der Waals surface area contributed by atoms with Crippen molar-refractivity contribution in [2.45, 2.75) is 25.7 Å². The van der Waals surface area contributed by atoms with Gasteiger partial charge >= 0.3 is 5.97 Å². The highest BCUT2D eigenvalue weighted by Crippen LogP contribution is 2.23. The largest absolute Gasteiger partial charge is 0.452 e. The number of amides is 1. The molecular formula is C20H23FN2O5S. The number of anilines is 1.